The number of carbonyl (C=O) groups excluding carboxylic acids is 1. The molecule has 2 rings (SSSR count). The fourth-order valence-corrected chi connectivity index (χ4v) is 2.64. The van der Waals surface area contributed by atoms with Crippen LogP contribution < -0.4 is 0 Å². The minimum Gasteiger partial charge on any atom is -0.481 e. The smallest absolute Gasteiger partial charge is 0.306 e. The number of carboxylic acids is 1. The highest BCUT2D eigenvalue weighted by atomic mass is 32.2. The Kier molecular flexibility index (Phi) is 4.52. The summed E-state index contributed by atoms with van der Waals surface area (Å²) in [6, 6.07) is 3.50. The average Bonchev–Trinajstić information content (AvgIpc) is 2.87. The summed E-state index contributed by atoms with van der Waals surface area (Å²) in [7, 11) is 0. The van der Waals surface area contributed by atoms with Gasteiger partial charge in [-0.25, -0.2) is 0 Å². The van der Waals surface area contributed by atoms with Gasteiger partial charge in [0, 0.05) is 13.1 Å². The van der Waals surface area contributed by atoms with Crippen molar-refractivity contribution in [1.29, 1.82) is 0 Å². The van der Waals surface area contributed by atoms with E-state index in [1.54, 1.807) is 22.7 Å². The van der Waals surface area contributed by atoms with Gasteiger partial charge < -0.3 is 14.4 Å². The molecule has 1 aliphatic rings. The number of carbonyl (C=O) groups is 2. The number of piperidine rings is 1. The number of hydrogen-bond donors (Lipinski definition) is 1. The second-order valence-corrected chi connectivity index (χ2v) is 5.47. The van der Waals surface area contributed by atoms with Gasteiger partial charge in [-0.3, -0.25) is 9.59 Å². The highest BCUT2D eigenvalue weighted by Gasteiger charge is 2.28. The number of carboxylic acid groups (broad SMARTS) is 1. The van der Waals surface area contributed by atoms with Crippen molar-refractivity contribution in [1.82, 2.24) is 4.90 Å². The first-order valence-electron chi connectivity index (χ1n) is 6.21. The first-order valence-corrected chi connectivity index (χ1v) is 7.61. The Hall–Kier alpha value is -1.43. The lowest BCUT2D eigenvalue weighted by atomic mass is 9.97. The van der Waals surface area contributed by atoms with Gasteiger partial charge in [0.1, 0.15) is 5.76 Å². The van der Waals surface area contributed by atoms with Gasteiger partial charge in [-0.2, -0.15) is 11.8 Å². The number of furan rings is 1. The minimum absolute atomic E-state index is 0.142. The summed E-state index contributed by atoms with van der Waals surface area (Å²) in [4.78, 5) is 24.7. The van der Waals surface area contributed by atoms with Crippen molar-refractivity contribution >= 4 is 23.6 Å². The quantitative estimate of drug-likeness (QED) is 0.916. The molecule has 1 aromatic rings. The van der Waals surface area contributed by atoms with Gasteiger partial charge in [0.25, 0.3) is 5.91 Å². The molecule has 0 spiro atoms. The standard InChI is InChI=1S/C13H17NO4S/c1-19-8-10-2-3-11(18-10)12(15)14-6-4-9(5-7-14)13(16)17/h2-3,9H,4-8H2,1H3,(H,16,17). The van der Waals surface area contributed by atoms with E-state index in [0.29, 0.717) is 31.7 Å². The maximum atomic E-state index is 12.2. The van der Waals surface area contributed by atoms with Crippen LogP contribution in [0, 0.1) is 5.92 Å². The third-order valence-electron chi connectivity index (χ3n) is 3.29. The maximum absolute atomic E-state index is 12.2. The molecule has 6 heteroatoms. The van der Waals surface area contributed by atoms with Crippen LogP contribution in [0.5, 0.6) is 0 Å². The Morgan fingerprint density at radius 1 is 1.42 bits per heavy atom. The summed E-state index contributed by atoms with van der Waals surface area (Å²) >= 11 is 1.63. The molecule has 1 amide bonds. The first-order chi connectivity index (χ1) is 9.11. The topological polar surface area (TPSA) is 70.8 Å². The summed E-state index contributed by atoms with van der Waals surface area (Å²) in [5.41, 5.74) is 0. The molecule has 1 aromatic heterocycles. The Morgan fingerprint density at radius 2 is 2.11 bits per heavy atom. The molecule has 19 heavy (non-hydrogen) atoms. The molecule has 0 saturated carbocycles. The minimum atomic E-state index is -0.771. The molecule has 0 unspecified atom stereocenters. The zero-order valence-corrected chi connectivity index (χ0v) is 11.6. The van der Waals surface area contributed by atoms with E-state index in [-0.39, 0.29) is 11.8 Å². The van der Waals surface area contributed by atoms with Crippen LogP contribution >= 0.6 is 11.8 Å². The van der Waals surface area contributed by atoms with E-state index in [1.165, 1.54) is 0 Å². The van der Waals surface area contributed by atoms with Gasteiger partial charge in [-0.15, -0.1) is 0 Å². The third-order valence-corrected chi connectivity index (χ3v) is 3.86. The van der Waals surface area contributed by atoms with E-state index >= 15 is 0 Å². The first kappa shape index (κ1) is 14.0. The Labute approximate surface area is 116 Å². The van der Waals surface area contributed by atoms with Crippen LogP contribution in [0.2, 0.25) is 0 Å². The Balaban J connectivity index is 1.95. The number of amides is 1. The lowest BCUT2D eigenvalue weighted by Gasteiger charge is -2.29. The fraction of sp³-hybridized carbons (Fsp3) is 0.538. The number of aliphatic carboxylic acids is 1. The van der Waals surface area contributed by atoms with Crippen LogP contribution in [0.25, 0.3) is 0 Å². The predicted molar refractivity (Wildman–Crippen MR) is 72.2 cm³/mol. The van der Waals surface area contributed by atoms with E-state index in [1.807, 2.05) is 12.3 Å². The largest absolute Gasteiger partial charge is 0.481 e. The van der Waals surface area contributed by atoms with Crippen LogP contribution in [0.3, 0.4) is 0 Å². The second-order valence-electron chi connectivity index (χ2n) is 4.60. The van der Waals surface area contributed by atoms with Gasteiger partial charge >= 0.3 is 5.97 Å². The van der Waals surface area contributed by atoms with E-state index in [4.69, 9.17) is 9.52 Å². The summed E-state index contributed by atoms with van der Waals surface area (Å²) in [5.74, 6) is 0.638. The fourth-order valence-electron chi connectivity index (χ4n) is 2.20. The lowest BCUT2D eigenvalue weighted by Crippen LogP contribution is -2.40. The van der Waals surface area contributed by atoms with E-state index in [0.717, 1.165) is 11.5 Å². The van der Waals surface area contributed by atoms with Crippen molar-refractivity contribution in [2.45, 2.75) is 18.6 Å². The molecule has 1 saturated heterocycles. The Bertz CT molecular complexity index is 463. The van der Waals surface area contributed by atoms with Gasteiger partial charge in [-0.05, 0) is 31.2 Å². The molecule has 0 atom stereocenters. The molecule has 0 radical (unpaired) electrons. The highest BCUT2D eigenvalue weighted by molar-refractivity contribution is 7.97. The summed E-state index contributed by atoms with van der Waals surface area (Å²) in [6.45, 7) is 0.961. The number of likely N-dealkylation sites (tertiary alicyclic amines) is 1. The molecule has 2 heterocycles. The summed E-state index contributed by atoms with van der Waals surface area (Å²) in [5, 5.41) is 8.92. The van der Waals surface area contributed by atoms with Crippen molar-refractivity contribution in [3.8, 4) is 0 Å². The second kappa shape index (κ2) is 6.14. The molecule has 0 aromatic carbocycles. The van der Waals surface area contributed by atoms with Crippen molar-refractivity contribution in [3.63, 3.8) is 0 Å². The summed E-state index contributed by atoms with van der Waals surface area (Å²) in [6.07, 6.45) is 3.00. The Morgan fingerprint density at radius 3 is 2.68 bits per heavy atom. The van der Waals surface area contributed by atoms with Crippen LogP contribution in [0.1, 0.15) is 29.2 Å². The van der Waals surface area contributed by atoms with Crippen LogP contribution in [-0.2, 0) is 10.5 Å². The third kappa shape index (κ3) is 3.32. The molecule has 1 aliphatic heterocycles. The predicted octanol–water partition coefficient (Wildman–Crippen LogP) is 2.08. The molecule has 104 valence electrons. The molecule has 5 nitrogen and oxygen atoms in total. The van der Waals surface area contributed by atoms with E-state index in [2.05, 4.69) is 0 Å². The van der Waals surface area contributed by atoms with Crippen molar-refractivity contribution in [3.05, 3.63) is 23.7 Å². The van der Waals surface area contributed by atoms with Crippen molar-refractivity contribution in [2.75, 3.05) is 19.3 Å². The molecular formula is C13H17NO4S. The number of thioether (sulfide) groups is 1. The summed E-state index contributed by atoms with van der Waals surface area (Å²) < 4.78 is 5.48. The molecule has 1 N–H and O–H groups in total. The van der Waals surface area contributed by atoms with Gasteiger partial charge in [0.05, 0.1) is 11.7 Å². The zero-order chi connectivity index (χ0) is 13.8. The number of hydrogen-bond acceptors (Lipinski definition) is 4. The molecule has 1 fully saturated rings. The zero-order valence-electron chi connectivity index (χ0n) is 10.8. The average molecular weight is 283 g/mol. The highest BCUT2D eigenvalue weighted by Crippen LogP contribution is 2.21. The lowest BCUT2D eigenvalue weighted by molar-refractivity contribution is -0.143. The van der Waals surface area contributed by atoms with Crippen LogP contribution in [0.15, 0.2) is 16.5 Å². The number of nitrogens with zero attached hydrogens (tertiary/aromatic N) is 1. The van der Waals surface area contributed by atoms with Gasteiger partial charge in [0.2, 0.25) is 0 Å². The molecule has 0 aliphatic carbocycles. The van der Waals surface area contributed by atoms with E-state index in [9.17, 15) is 9.59 Å². The van der Waals surface area contributed by atoms with Crippen molar-refractivity contribution < 1.29 is 19.1 Å². The molecular weight excluding hydrogens is 266 g/mol. The molecule has 0 bridgehead atoms. The van der Waals surface area contributed by atoms with Crippen molar-refractivity contribution in [2.24, 2.45) is 5.92 Å². The van der Waals surface area contributed by atoms with E-state index < -0.39 is 5.97 Å². The maximum Gasteiger partial charge on any atom is 0.306 e. The van der Waals surface area contributed by atoms with Crippen LogP contribution in [0.4, 0.5) is 0 Å². The normalized spacial score (nSPS) is 16.6. The SMILES string of the molecule is CSCc1ccc(C(=O)N2CCC(C(=O)O)CC2)o1. The van der Waals surface area contributed by atoms with Crippen LogP contribution in [-0.4, -0.2) is 41.2 Å². The van der Waals surface area contributed by atoms with Gasteiger partial charge in [-0.1, -0.05) is 0 Å². The monoisotopic (exact) mass is 283 g/mol. The number of rotatable bonds is 4. The van der Waals surface area contributed by atoms with Gasteiger partial charge in [0.15, 0.2) is 5.76 Å².